The van der Waals surface area contributed by atoms with Crippen molar-refractivity contribution in [3.63, 3.8) is 0 Å². The van der Waals surface area contributed by atoms with Gasteiger partial charge in [0.05, 0.1) is 5.56 Å². The van der Waals surface area contributed by atoms with Gasteiger partial charge in [-0.2, -0.15) is 0 Å². The normalized spacial score (nSPS) is 11.3. The van der Waals surface area contributed by atoms with Gasteiger partial charge in [-0.05, 0) is 67.6 Å². The second-order valence-electron chi connectivity index (χ2n) is 8.92. The van der Waals surface area contributed by atoms with Gasteiger partial charge in [0.15, 0.2) is 0 Å². The number of benzene rings is 2. The molecule has 0 bridgehead atoms. The van der Waals surface area contributed by atoms with Crippen LogP contribution in [0.15, 0.2) is 60.8 Å². The Balaban J connectivity index is 1.41. The Kier molecular flexibility index (Phi) is 7.17. The number of unbranched alkanes of at least 4 members (excludes halogenated alkanes) is 1. The molecule has 2 aromatic carbocycles. The third-order valence-electron chi connectivity index (χ3n) is 6.09. The summed E-state index contributed by atoms with van der Waals surface area (Å²) in [6.45, 7) is 7.71. The molecule has 6 heteroatoms. The van der Waals surface area contributed by atoms with Gasteiger partial charge >= 0.3 is 5.97 Å². The van der Waals surface area contributed by atoms with Crippen LogP contribution in [-0.4, -0.2) is 28.1 Å². The van der Waals surface area contributed by atoms with E-state index in [2.05, 4.69) is 49.0 Å². The van der Waals surface area contributed by atoms with Crippen LogP contribution in [0.4, 0.5) is 0 Å². The maximum atomic E-state index is 12.4. The number of carboxylic acids is 1. The average Bonchev–Trinajstić information content (AvgIpc) is 3.41. The van der Waals surface area contributed by atoms with Crippen molar-refractivity contribution in [2.45, 2.75) is 46.1 Å². The molecule has 34 heavy (non-hydrogen) atoms. The molecular weight excluding hydrogens is 444 g/mol. The lowest BCUT2D eigenvalue weighted by molar-refractivity contribution is 0.0696. The van der Waals surface area contributed by atoms with E-state index in [-0.39, 0.29) is 11.5 Å². The number of aromatic carboxylic acids is 1. The molecule has 0 spiro atoms. The van der Waals surface area contributed by atoms with E-state index in [0.29, 0.717) is 18.0 Å². The molecule has 0 fully saturated rings. The van der Waals surface area contributed by atoms with E-state index in [1.807, 2.05) is 30.3 Å². The Bertz CT molecular complexity index is 1320. The van der Waals surface area contributed by atoms with Gasteiger partial charge in [-0.25, -0.2) is 4.79 Å². The van der Waals surface area contributed by atoms with Gasteiger partial charge in [0.2, 0.25) is 0 Å². The number of hydrogen-bond acceptors (Lipinski definition) is 3. The molecule has 0 aliphatic heterocycles. The molecule has 0 saturated carbocycles. The molecule has 176 valence electrons. The number of aryl methyl sites for hydroxylation is 2. The van der Waals surface area contributed by atoms with Crippen molar-refractivity contribution in [2.75, 3.05) is 6.54 Å². The first-order chi connectivity index (χ1) is 16.3. The minimum atomic E-state index is -0.924. The van der Waals surface area contributed by atoms with Crippen molar-refractivity contribution >= 4 is 34.1 Å². The summed E-state index contributed by atoms with van der Waals surface area (Å²) >= 11 is 1.74. The van der Waals surface area contributed by atoms with Gasteiger partial charge in [0.1, 0.15) is 0 Å². The number of fused-ring (bicyclic) bond motifs is 1. The summed E-state index contributed by atoms with van der Waals surface area (Å²) in [5.41, 5.74) is 4.24. The second kappa shape index (κ2) is 10.3. The van der Waals surface area contributed by atoms with Gasteiger partial charge < -0.3 is 15.0 Å². The third kappa shape index (κ3) is 5.23. The lowest BCUT2D eigenvalue weighted by Gasteiger charge is -2.09. The van der Waals surface area contributed by atoms with Crippen LogP contribution in [0.1, 0.15) is 63.8 Å². The molecule has 0 aliphatic rings. The zero-order valence-electron chi connectivity index (χ0n) is 19.8. The highest BCUT2D eigenvalue weighted by Crippen LogP contribution is 2.35. The summed E-state index contributed by atoms with van der Waals surface area (Å²) in [6, 6.07) is 17.3. The zero-order valence-corrected chi connectivity index (χ0v) is 20.6. The fraction of sp³-hybridized carbons (Fsp3) is 0.286. The number of hydrogen-bond donors (Lipinski definition) is 2. The molecule has 5 nitrogen and oxygen atoms in total. The predicted molar refractivity (Wildman–Crippen MR) is 139 cm³/mol. The molecule has 0 saturated heterocycles. The molecule has 2 heterocycles. The van der Waals surface area contributed by atoms with Gasteiger partial charge in [-0.15, -0.1) is 11.3 Å². The van der Waals surface area contributed by atoms with Gasteiger partial charge in [-0.3, -0.25) is 4.79 Å². The number of carboxylic acid groups (broad SMARTS) is 1. The van der Waals surface area contributed by atoms with E-state index in [4.69, 9.17) is 0 Å². The molecular formula is C28H30N2O3S. The first-order valence-electron chi connectivity index (χ1n) is 11.6. The van der Waals surface area contributed by atoms with Crippen molar-refractivity contribution in [1.82, 2.24) is 9.88 Å². The SMILES string of the molecule is Cc1ccc(-c2cn(CCCCNC(=O)c3ccc(C(C)C)cc3)c3cc(C(=O)O)ccc23)s1. The van der Waals surface area contributed by atoms with Gasteiger partial charge in [-0.1, -0.05) is 32.0 Å². The van der Waals surface area contributed by atoms with Crippen LogP contribution < -0.4 is 5.32 Å². The monoisotopic (exact) mass is 474 g/mol. The number of carbonyl (C=O) groups excluding carboxylic acids is 1. The smallest absolute Gasteiger partial charge is 0.335 e. The van der Waals surface area contributed by atoms with E-state index < -0.39 is 5.97 Å². The maximum Gasteiger partial charge on any atom is 0.335 e. The summed E-state index contributed by atoms with van der Waals surface area (Å²) in [6.07, 6.45) is 3.83. The number of nitrogens with zero attached hydrogens (tertiary/aromatic N) is 1. The molecule has 4 aromatic rings. The van der Waals surface area contributed by atoms with Gasteiger partial charge in [0, 0.05) is 51.1 Å². The van der Waals surface area contributed by atoms with Gasteiger partial charge in [0.25, 0.3) is 5.91 Å². The lowest BCUT2D eigenvalue weighted by Crippen LogP contribution is -2.24. The van der Waals surface area contributed by atoms with Crippen LogP contribution in [0.3, 0.4) is 0 Å². The number of aromatic nitrogens is 1. The summed E-state index contributed by atoms with van der Waals surface area (Å²) < 4.78 is 2.14. The zero-order chi connectivity index (χ0) is 24.2. The number of nitrogens with one attached hydrogen (secondary N) is 1. The molecule has 2 aromatic heterocycles. The van der Waals surface area contributed by atoms with Crippen molar-refractivity contribution in [1.29, 1.82) is 0 Å². The van der Waals surface area contributed by atoms with E-state index in [1.165, 1.54) is 15.3 Å². The second-order valence-corrected chi connectivity index (χ2v) is 10.2. The first kappa shape index (κ1) is 23.8. The minimum absolute atomic E-state index is 0.0526. The van der Waals surface area contributed by atoms with E-state index >= 15 is 0 Å². The van der Waals surface area contributed by atoms with E-state index in [1.54, 1.807) is 23.5 Å². The summed E-state index contributed by atoms with van der Waals surface area (Å²) in [5, 5.41) is 13.5. The van der Waals surface area contributed by atoms with Crippen LogP contribution in [0.5, 0.6) is 0 Å². The molecule has 0 aliphatic carbocycles. The summed E-state index contributed by atoms with van der Waals surface area (Å²) in [7, 11) is 0. The largest absolute Gasteiger partial charge is 0.478 e. The first-order valence-corrected chi connectivity index (χ1v) is 12.5. The van der Waals surface area contributed by atoms with E-state index in [9.17, 15) is 14.7 Å². The third-order valence-corrected chi connectivity index (χ3v) is 7.12. The number of carbonyl (C=O) groups is 2. The molecule has 1 amide bonds. The predicted octanol–water partition coefficient (Wildman–Crippen LogP) is 6.71. The quantitative estimate of drug-likeness (QED) is 0.265. The topological polar surface area (TPSA) is 71.3 Å². The fourth-order valence-corrected chi connectivity index (χ4v) is 5.01. The standard InChI is InChI=1S/C28H30N2O3S/c1-18(2)20-7-9-21(10-8-20)27(31)29-14-4-5-15-30-17-24(26-13-6-19(3)34-26)23-12-11-22(28(32)33)16-25(23)30/h6-13,16-18H,4-5,14-15H2,1-3H3,(H,29,31)(H,32,33). The van der Waals surface area contributed by atoms with Crippen molar-refractivity contribution in [3.8, 4) is 10.4 Å². The van der Waals surface area contributed by atoms with Crippen LogP contribution in [0, 0.1) is 6.92 Å². The summed E-state index contributed by atoms with van der Waals surface area (Å²) in [5.74, 6) is -0.534. The minimum Gasteiger partial charge on any atom is -0.478 e. The Morgan fingerprint density at radius 3 is 2.38 bits per heavy atom. The van der Waals surface area contributed by atoms with Crippen LogP contribution in [0.2, 0.25) is 0 Å². The summed E-state index contributed by atoms with van der Waals surface area (Å²) in [4.78, 5) is 26.4. The Morgan fingerprint density at radius 2 is 1.74 bits per heavy atom. The maximum absolute atomic E-state index is 12.4. The van der Waals surface area contributed by atoms with Crippen LogP contribution >= 0.6 is 11.3 Å². The molecule has 4 rings (SSSR count). The van der Waals surface area contributed by atoms with Crippen molar-refractivity contribution in [2.24, 2.45) is 0 Å². The molecule has 0 unspecified atom stereocenters. The number of amides is 1. The Hall–Kier alpha value is -3.38. The molecule has 2 N–H and O–H groups in total. The van der Waals surface area contributed by atoms with Crippen LogP contribution in [0.25, 0.3) is 21.3 Å². The van der Waals surface area contributed by atoms with Crippen molar-refractivity contribution in [3.05, 3.63) is 82.4 Å². The van der Waals surface area contributed by atoms with E-state index in [0.717, 1.165) is 35.9 Å². The molecule has 0 atom stereocenters. The van der Waals surface area contributed by atoms with Crippen LogP contribution in [-0.2, 0) is 6.54 Å². The average molecular weight is 475 g/mol. The Labute approximate surface area is 204 Å². The number of thiophene rings is 1. The highest BCUT2D eigenvalue weighted by atomic mass is 32.1. The fourth-order valence-electron chi connectivity index (χ4n) is 4.12. The number of rotatable bonds is 9. The molecule has 0 radical (unpaired) electrons. The highest BCUT2D eigenvalue weighted by Gasteiger charge is 2.14. The lowest BCUT2D eigenvalue weighted by atomic mass is 10.0. The Morgan fingerprint density at radius 1 is 1.00 bits per heavy atom. The van der Waals surface area contributed by atoms with Crippen molar-refractivity contribution < 1.29 is 14.7 Å². The highest BCUT2D eigenvalue weighted by molar-refractivity contribution is 7.15.